The molecule has 0 saturated heterocycles. The molecule has 0 aliphatic heterocycles. The zero-order chi connectivity index (χ0) is 51.5. The molecule has 10 aromatic carbocycles. The van der Waals surface area contributed by atoms with Crippen molar-refractivity contribution in [3.63, 3.8) is 0 Å². The summed E-state index contributed by atoms with van der Waals surface area (Å²) in [7, 11) is 0. The van der Waals surface area contributed by atoms with Crippen LogP contribution in [0.15, 0.2) is 231 Å². The summed E-state index contributed by atoms with van der Waals surface area (Å²) in [6.45, 7) is 17.0. The SMILES string of the molecule is Cc1ccc(N(c2ccc(C)cc2)c2cc(C(O)c3cc(N(c4ccc(C)cc4)c4ccc(C)cc4)cc(N(c4ccc(C)cc4)c4ccc(C)cc4)c3)cc(N(c3ccc(C)cc3)c3ccc(C)cc3)c2)cc1. The number of aliphatic hydroxyl groups excluding tert-OH is 1. The van der Waals surface area contributed by atoms with Crippen LogP contribution in [0.25, 0.3) is 0 Å². The fourth-order valence-electron chi connectivity index (χ4n) is 9.60. The summed E-state index contributed by atoms with van der Waals surface area (Å²) in [5.41, 5.74) is 22.6. The van der Waals surface area contributed by atoms with Crippen LogP contribution in [0.3, 0.4) is 0 Å². The second-order valence-corrected chi connectivity index (χ2v) is 20.0. The van der Waals surface area contributed by atoms with Crippen LogP contribution in [-0.4, -0.2) is 5.11 Å². The maximum absolute atomic E-state index is 13.6. The third kappa shape index (κ3) is 10.8. The Morgan fingerprint density at radius 1 is 0.203 bits per heavy atom. The zero-order valence-corrected chi connectivity index (χ0v) is 43.8. The van der Waals surface area contributed by atoms with Gasteiger partial charge in [-0.05, 0) is 200 Å². The van der Waals surface area contributed by atoms with Crippen LogP contribution in [-0.2, 0) is 0 Å². The van der Waals surface area contributed by atoms with Gasteiger partial charge in [0.1, 0.15) is 6.10 Å². The second kappa shape index (κ2) is 21.2. The molecule has 366 valence electrons. The fraction of sp³-hybridized carbons (Fsp3) is 0.130. The molecular formula is C69H64N4O. The van der Waals surface area contributed by atoms with E-state index in [-0.39, 0.29) is 0 Å². The number of hydrogen-bond donors (Lipinski definition) is 1. The summed E-state index contributed by atoms with van der Waals surface area (Å²) in [5, 5.41) is 13.6. The molecule has 10 rings (SSSR count). The maximum Gasteiger partial charge on any atom is 0.104 e. The Labute approximate surface area is 438 Å². The first kappa shape index (κ1) is 49.0. The van der Waals surface area contributed by atoms with E-state index in [9.17, 15) is 5.11 Å². The minimum atomic E-state index is -1.08. The quantitative estimate of drug-likeness (QED) is 0.117. The molecule has 0 aliphatic carbocycles. The number of benzene rings is 10. The standard InChI is InChI=1S/C69H64N4O/c1-47-9-25-57(26-10-47)70(58-27-11-48(2)12-28-58)65-41-55(42-66(45-65)71(59-29-13-49(3)14-30-59)60-31-15-50(4)16-32-60)69(74)56-43-67(72(61-33-17-51(5)18-34-61)62-35-19-52(6)20-36-62)46-68(44-56)73(63-37-21-53(7)22-38-63)64-39-23-54(8)24-40-64/h9-46,69,74H,1-8H3. The van der Waals surface area contributed by atoms with E-state index in [0.717, 1.165) is 79.4 Å². The molecule has 0 fully saturated rings. The first-order valence-electron chi connectivity index (χ1n) is 25.6. The van der Waals surface area contributed by atoms with Crippen LogP contribution in [0.1, 0.15) is 61.7 Å². The average molecular weight is 965 g/mol. The van der Waals surface area contributed by atoms with Gasteiger partial charge in [-0.25, -0.2) is 0 Å². The van der Waals surface area contributed by atoms with E-state index in [4.69, 9.17) is 0 Å². The molecule has 0 spiro atoms. The smallest absolute Gasteiger partial charge is 0.104 e. The van der Waals surface area contributed by atoms with Crippen LogP contribution < -0.4 is 19.6 Å². The van der Waals surface area contributed by atoms with Crippen LogP contribution in [0.5, 0.6) is 0 Å². The van der Waals surface area contributed by atoms with Crippen molar-refractivity contribution in [3.8, 4) is 0 Å². The van der Waals surface area contributed by atoms with Crippen molar-refractivity contribution in [2.24, 2.45) is 0 Å². The summed E-state index contributed by atoms with van der Waals surface area (Å²) in [5.74, 6) is 0. The molecule has 0 bridgehead atoms. The Kier molecular flexibility index (Phi) is 14.0. The first-order valence-corrected chi connectivity index (χ1v) is 25.6. The molecule has 0 heterocycles. The molecule has 74 heavy (non-hydrogen) atoms. The highest BCUT2D eigenvalue weighted by molar-refractivity contribution is 5.86. The summed E-state index contributed by atoms with van der Waals surface area (Å²) in [4.78, 5) is 9.21. The van der Waals surface area contributed by atoms with Gasteiger partial charge in [0.25, 0.3) is 0 Å². The fourth-order valence-corrected chi connectivity index (χ4v) is 9.60. The third-order valence-electron chi connectivity index (χ3n) is 13.9. The number of aliphatic hydroxyl groups is 1. The van der Waals surface area contributed by atoms with Crippen molar-refractivity contribution in [2.45, 2.75) is 61.5 Å². The summed E-state index contributed by atoms with van der Waals surface area (Å²) in [6, 6.07) is 82.7. The van der Waals surface area contributed by atoms with Gasteiger partial charge in [0.2, 0.25) is 0 Å². The number of anilines is 12. The number of rotatable bonds is 14. The van der Waals surface area contributed by atoms with Crippen molar-refractivity contribution in [2.75, 3.05) is 19.6 Å². The molecule has 5 nitrogen and oxygen atoms in total. The highest BCUT2D eigenvalue weighted by Crippen LogP contribution is 2.46. The lowest BCUT2D eigenvalue weighted by molar-refractivity contribution is 0.220. The van der Waals surface area contributed by atoms with E-state index in [1.54, 1.807) is 0 Å². The van der Waals surface area contributed by atoms with Crippen molar-refractivity contribution in [1.29, 1.82) is 0 Å². The van der Waals surface area contributed by atoms with Gasteiger partial charge in [-0.2, -0.15) is 0 Å². The van der Waals surface area contributed by atoms with Crippen LogP contribution in [0.4, 0.5) is 68.2 Å². The Hall–Kier alpha value is -8.64. The molecule has 0 aliphatic rings. The number of hydrogen-bond acceptors (Lipinski definition) is 5. The van der Waals surface area contributed by atoms with Gasteiger partial charge in [-0.1, -0.05) is 142 Å². The van der Waals surface area contributed by atoms with E-state index in [1.165, 1.54) is 44.5 Å². The molecule has 0 unspecified atom stereocenters. The van der Waals surface area contributed by atoms with E-state index >= 15 is 0 Å². The van der Waals surface area contributed by atoms with Crippen molar-refractivity contribution in [3.05, 3.63) is 286 Å². The van der Waals surface area contributed by atoms with E-state index in [2.05, 4.69) is 306 Å². The molecule has 0 atom stereocenters. The largest absolute Gasteiger partial charge is 0.384 e. The van der Waals surface area contributed by atoms with Crippen molar-refractivity contribution < 1.29 is 5.11 Å². The topological polar surface area (TPSA) is 33.2 Å². The van der Waals surface area contributed by atoms with Gasteiger partial charge < -0.3 is 24.7 Å². The molecule has 1 N–H and O–H groups in total. The van der Waals surface area contributed by atoms with E-state index in [1.807, 2.05) is 0 Å². The average Bonchev–Trinajstić information content (AvgIpc) is 3.41. The van der Waals surface area contributed by atoms with Crippen LogP contribution in [0, 0.1) is 55.4 Å². The van der Waals surface area contributed by atoms with Gasteiger partial charge >= 0.3 is 0 Å². The minimum Gasteiger partial charge on any atom is -0.384 e. The molecule has 0 saturated carbocycles. The van der Waals surface area contributed by atoms with Crippen LogP contribution >= 0.6 is 0 Å². The molecule has 5 heteroatoms. The molecule has 0 radical (unpaired) electrons. The first-order chi connectivity index (χ1) is 35.8. The molecule has 10 aromatic rings. The lowest BCUT2D eigenvalue weighted by Gasteiger charge is -2.32. The summed E-state index contributed by atoms with van der Waals surface area (Å²) in [6.07, 6.45) is -1.08. The van der Waals surface area contributed by atoms with E-state index in [0.29, 0.717) is 0 Å². The Morgan fingerprint density at radius 2 is 0.338 bits per heavy atom. The Balaban J connectivity index is 1.25. The highest BCUT2D eigenvalue weighted by atomic mass is 16.3. The minimum absolute atomic E-state index is 0.739. The second-order valence-electron chi connectivity index (χ2n) is 20.0. The summed E-state index contributed by atoms with van der Waals surface area (Å²) < 4.78 is 0. The lowest BCUT2D eigenvalue weighted by atomic mass is 9.97. The van der Waals surface area contributed by atoms with Gasteiger partial charge in [0, 0.05) is 68.2 Å². The molecule has 0 amide bonds. The third-order valence-corrected chi connectivity index (χ3v) is 13.9. The van der Waals surface area contributed by atoms with Gasteiger partial charge in [-0.3, -0.25) is 0 Å². The predicted octanol–water partition coefficient (Wildman–Crippen LogP) is 19.1. The predicted molar refractivity (Wildman–Crippen MR) is 314 cm³/mol. The van der Waals surface area contributed by atoms with Gasteiger partial charge in [0.05, 0.1) is 0 Å². The van der Waals surface area contributed by atoms with Crippen molar-refractivity contribution >= 4 is 68.2 Å². The normalized spacial score (nSPS) is 11.2. The van der Waals surface area contributed by atoms with Gasteiger partial charge in [0.15, 0.2) is 0 Å². The van der Waals surface area contributed by atoms with Crippen LogP contribution in [0.2, 0.25) is 0 Å². The Morgan fingerprint density at radius 3 is 0.473 bits per heavy atom. The maximum atomic E-state index is 13.6. The van der Waals surface area contributed by atoms with Crippen molar-refractivity contribution in [1.82, 2.24) is 0 Å². The summed E-state index contributed by atoms with van der Waals surface area (Å²) >= 11 is 0. The Bertz CT molecular complexity index is 2850. The lowest BCUT2D eigenvalue weighted by Crippen LogP contribution is -2.16. The zero-order valence-electron chi connectivity index (χ0n) is 43.8. The number of nitrogens with zero attached hydrogens (tertiary/aromatic N) is 4. The van der Waals surface area contributed by atoms with E-state index < -0.39 is 6.10 Å². The highest BCUT2D eigenvalue weighted by Gasteiger charge is 2.25. The number of aryl methyl sites for hydroxylation is 8. The molecule has 0 aromatic heterocycles. The molecular weight excluding hydrogens is 901 g/mol. The van der Waals surface area contributed by atoms with Gasteiger partial charge in [-0.15, -0.1) is 0 Å². The monoisotopic (exact) mass is 965 g/mol.